The molecule has 23 heavy (non-hydrogen) atoms. The molecular weight excluding hydrogens is 354 g/mol. The molecule has 6 heteroatoms. The highest BCUT2D eigenvalue weighted by Crippen LogP contribution is 2.30. The third-order valence-corrected chi connectivity index (χ3v) is 4.11. The van der Waals surface area contributed by atoms with E-state index in [4.69, 9.17) is 10.7 Å². The van der Waals surface area contributed by atoms with E-state index in [9.17, 15) is 0 Å². The van der Waals surface area contributed by atoms with Gasteiger partial charge in [0.15, 0.2) is 11.5 Å². The van der Waals surface area contributed by atoms with Gasteiger partial charge >= 0.3 is 0 Å². The third kappa shape index (κ3) is 2.37. The average molecular weight is 366 g/mol. The smallest absolute Gasteiger partial charge is 0.164 e. The van der Waals surface area contributed by atoms with Crippen LogP contribution < -0.4 is 5.73 Å². The van der Waals surface area contributed by atoms with Crippen molar-refractivity contribution in [3.05, 3.63) is 65.4 Å². The number of hydrogen-bond acceptors (Lipinski definition) is 4. The predicted molar refractivity (Wildman–Crippen MR) is 94.2 cm³/mol. The number of rotatable bonds is 2. The maximum atomic E-state index is 6.05. The van der Waals surface area contributed by atoms with Crippen molar-refractivity contribution in [2.75, 3.05) is 5.73 Å². The molecule has 112 valence electrons. The first-order valence-corrected chi connectivity index (χ1v) is 7.83. The fourth-order valence-electron chi connectivity index (χ4n) is 2.53. The Kier molecular flexibility index (Phi) is 3.31. The highest BCUT2D eigenvalue weighted by atomic mass is 79.9. The van der Waals surface area contributed by atoms with Gasteiger partial charge in [0.2, 0.25) is 0 Å². The number of anilines is 1. The molecule has 0 saturated carbocycles. The number of pyridine rings is 2. The van der Waals surface area contributed by atoms with Crippen molar-refractivity contribution in [3.8, 4) is 17.1 Å². The van der Waals surface area contributed by atoms with Crippen LogP contribution in [0.2, 0.25) is 0 Å². The minimum atomic E-state index is 0.446. The molecule has 0 spiro atoms. The first-order chi connectivity index (χ1) is 11.2. The van der Waals surface area contributed by atoms with Gasteiger partial charge in [-0.1, -0.05) is 15.9 Å². The first-order valence-electron chi connectivity index (χ1n) is 7.04. The molecule has 0 radical (unpaired) electrons. The first kappa shape index (κ1) is 13.9. The molecule has 4 aromatic rings. The van der Waals surface area contributed by atoms with Gasteiger partial charge in [0, 0.05) is 22.6 Å². The van der Waals surface area contributed by atoms with Crippen LogP contribution in [0.1, 0.15) is 0 Å². The van der Waals surface area contributed by atoms with Gasteiger partial charge in [-0.3, -0.25) is 4.57 Å². The fourth-order valence-corrected chi connectivity index (χ4v) is 2.80. The Morgan fingerprint density at radius 3 is 2.43 bits per heavy atom. The lowest BCUT2D eigenvalue weighted by Gasteiger charge is -2.10. The van der Waals surface area contributed by atoms with Gasteiger partial charge in [-0.2, -0.15) is 0 Å². The molecule has 5 nitrogen and oxygen atoms in total. The Morgan fingerprint density at radius 1 is 0.913 bits per heavy atom. The van der Waals surface area contributed by atoms with Gasteiger partial charge in [0.1, 0.15) is 11.3 Å². The van der Waals surface area contributed by atoms with Crippen molar-refractivity contribution in [1.29, 1.82) is 0 Å². The van der Waals surface area contributed by atoms with E-state index < -0.39 is 0 Å². The number of benzene rings is 1. The molecule has 0 aliphatic carbocycles. The lowest BCUT2D eigenvalue weighted by molar-refractivity contribution is 1.07. The van der Waals surface area contributed by atoms with Crippen LogP contribution in [0.15, 0.2) is 65.4 Å². The summed E-state index contributed by atoms with van der Waals surface area (Å²) < 4.78 is 3.01. The molecule has 0 aliphatic rings. The largest absolute Gasteiger partial charge is 0.383 e. The highest BCUT2D eigenvalue weighted by Gasteiger charge is 2.17. The molecule has 0 amide bonds. The van der Waals surface area contributed by atoms with Crippen molar-refractivity contribution in [2.24, 2.45) is 0 Å². The van der Waals surface area contributed by atoms with Crippen LogP contribution in [0.4, 0.5) is 5.82 Å². The number of halogens is 1. The number of nitrogens with two attached hydrogens (primary N) is 1. The van der Waals surface area contributed by atoms with Gasteiger partial charge in [0.25, 0.3) is 0 Å². The summed E-state index contributed by atoms with van der Waals surface area (Å²) in [6.07, 6.45) is 3.43. The number of aromatic nitrogens is 4. The van der Waals surface area contributed by atoms with E-state index in [2.05, 4.69) is 25.9 Å². The van der Waals surface area contributed by atoms with Crippen LogP contribution in [0, 0.1) is 0 Å². The van der Waals surface area contributed by atoms with Gasteiger partial charge in [0.05, 0.1) is 5.56 Å². The van der Waals surface area contributed by atoms with E-state index >= 15 is 0 Å². The highest BCUT2D eigenvalue weighted by molar-refractivity contribution is 9.10. The fraction of sp³-hybridized carbons (Fsp3) is 0. The molecule has 0 aliphatic heterocycles. The standard InChI is InChI=1S/C17H12BrN5/c18-11-5-7-12(8-6-11)23-16(13-3-1-9-20-15(13)19)22-14-4-2-10-21-17(14)23/h1-10H,(H2,19,20). The molecule has 3 aromatic heterocycles. The number of nitrogen functional groups attached to an aromatic ring is 1. The van der Waals surface area contributed by atoms with E-state index in [1.165, 1.54) is 0 Å². The lowest BCUT2D eigenvalue weighted by atomic mass is 10.2. The summed E-state index contributed by atoms with van der Waals surface area (Å²) in [6.45, 7) is 0. The summed E-state index contributed by atoms with van der Waals surface area (Å²) in [5.74, 6) is 1.17. The Balaban J connectivity index is 2.06. The SMILES string of the molecule is Nc1ncccc1-c1nc2cccnc2n1-c1ccc(Br)cc1. The van der Waals surface area contributed by atoms with E-state index in [0.29, 0.717) is 5.82 Å². The molecule has 0 saturated heterocycles. The molecule has 0 unspecified atom stereocenters. The number of imidazole rings is 1. The second-order valence-electron chi connectivity index (χ2n) is 5.03. The molecule has 4 rings (SSSR count). The Morgan fingerprint density at radius 2 is 1.65 bits per heavy atom. The summed E-state index contributed by atoms with van der Waals surface area (Å²) in [5, 5.41) is 0. The molecule has 1 aromatic carbocycles. The normalized spacial score (nSPS) is 11.0. The molecule has 3 heterocycles. The van der Waals surface area contributed by atoms with Crippen LogP contribution in [-0.4, -0.2) is 19.5 Å². The van der Waals surface area contributed by atoms with E-state index in [1.54, 1.807) is 12.4 Å². The number of nitrogens with zero attached hydrogens (tertiary/aromatic N) is 4. The zero-order valence-electron chi connectivity index (χ0n) is 12.0. The summed E-state index contributed by atoms with van der Waals surface area (Å²) in [4.78, 5) is 13.4. The van der Waals surface area contributed by atoms with Gasteiger partial charge in [-0.15, -0.1) is 0 Å². The summed E-state index contributed by atoms with van der Waals surface area (Å²) in [5.41, 5.74) is 9.40. The maximum absolute atomic E-state index is 6.05. The minimum Gasteiger partial charge on any atom is -0.383 e. The van der Waals surface area contributed by atoms with Crippen molar-refractivity contribution in [3.63, 3.8) is 0 Å². The van der Waals surface area contributed by atoms with Crippen LogP contribution in [0.25, 0.3) is 28.2 Å². The zero-order chi connectivity index (χ0) is 15.8. The molecule has 0 atom stereocenters. The van der Waals surface area contributed by atoms with E-state index in [-0.39, 0.29) is 0 Å². The quantitative estimate of drug-likeness (QED) is 0.586. The van der Waals surface area contributed by atoms with E-state index in [1.807, 2.05) is 53.1 Å². The van der Waals surface area contributed by atoms with Crippen LogP contribution in [0.5, 0.6) is 0 Å². The maximum Gasteiger partial charge on any atom is 0.164 e. The van der Waals surface area contributed by atoms with Gasteiger partial charge in [-0.25, -0.2) is 15.0 Å². The van der Waals surface area contributed by atoms with Crippen LogP contribution >= 0.6 is 15.9 Å². The lowest BCUT2D eigenvalue weighted by Crippen LogP contribution is -2.01. The van der Waals surface area contributed by atoms with Crippen molar-refractivity contribution in [1.82, 2.24) is 19.5 Å². The predicted octanol–water partition coefficient (Wildman–Crippen LogP) is 3.83. The summed E-state index contributed by atoms with van der Waals surface area (Å²) >= 11 is 3.46. The molecule has 0 bridgehead atoms. The number of fused-ring (bicyclic) bond motifs is 1. The Bertz CT molecular complexity index is 991. The average Bonchev–Trinajstić information content (AvgIpc) is 2.95. The van der Waals surface area contributed by atoms with Gasteiger partial charge in [-0.05, 0) is 48.5 Å². The summed E-state index contributed by atoms with van der Waals surface area (Å²) in [7, 11) is 0. The second kappa shape index (κ2) is 5.48. The van der Waals surface area contributed by atoms with Crippen LogP contribution in [-0.2, 0) is 0 Å². The van der Waals surface area contributed by atoms with Gasteiger partial charge < -0.3 is 5.73 Å². The van der Waals surface area contributed by atoms with Crippen molar-refractivity contribution >= 4 is 32.9 Å². The van der Waals surface area contributed by atoms with Crippen molar-refractivity contribution in [2.45, 2.75) is 0 Å². The van der Waals surface area contributed by atoms with Crippen molar-refractivity contribution < 1.29 is 0 Å². The Hall–Kier alpha value is -2.73. The summed E-state index contributed by atoms with van der Waals surface area (Å²) in [6, 6.07) is 15.6. The Labute approximate surface area is 141 Å². The molecule has 2 N–H and O–H groups in total. The minimum absolute atomic E-state index is 0.446. The zero-order valence-corrected chi connectivity index (χ0v) is 13.6. The number of hydrogen-bond donors (Lipinski definition) is 1. The van der Waals surface area contributed by atoms with Crippen LogP contribution in [0.3, 0.4) is 0 Å². The monoisotopic (exact) mass is 365 g/mol. The van der Waals surface area contributed by atoms with E-state index in [0.717, 1.165) is 32.7 Å². The topological polar surface area (TPSA) is 69.6 Å². The third-order valence-electron chi connectivity index (χ3n) is 3.58. The molecule has 0 fully saturated rings. The molecular formula is C17H12BrN5. The second-order valence-corrected chi connectivity index (χ2v) is 5.95.